The first-order chi connectivity index (χ1) is 8.93. The summed E-state index contributed by atoms with van der Waals surface area (Å²) in [5, 5.41) is 0. The Morgan fingerprint density at radius 3 is 2.58 bits per heavy atom. The van der Waals surface area contributed by atoms with Crippen LogP contribution in [0.5, 0.6) is 0 Å². The lowest BCUT2D eigenvalue weighted by Crippen LogP contribution is -2.27. The first-order valence-electron chi connectivity index (χ1n) is 5.38. The van der Waals surface area contributed by atoms with Crippen LogP contribution in [0.4, 0.5) is 11.5 Å². The van der Waals surface area contributed by atoms with Gasteiger partial charge in [-0.15, -0.1) is 0 Å². The molecule has 0 aliphatic rings. The second-order valence-electron chi connectivity index (χ2n) is 3.84. The van der Waals surface area contributed by atoms with Gasteiger partial charge in [-0.05, 0) is 46.3 Å². The highest BCUT2D eigenvalue weighted by molar-refractivity contribution is 9.10. The van der Waals surface area contributed by atoms with Gasteiger partial charge in [0.1, 0.15) is 5.82 Å². The van der Waals surface area contributed by atoms with Crippen LogP contribution in [0.1, 0.15) is 0 Å². The summed E-state index contributed by atoms with van der Waals surface area (Å²) in [7, 11) is -2.21. The van der Waals surface area contributed by atoms with Crippen molar-refractivity contribution >= 4 is 37.5 Å². The Bertz CT molecular complexity index is 689. The van der Waals surface area contributed by atoms with Crippen LogP contribution in [0.15, 0.2) is 52.0 Å². The zero-order valence-corrected chi connectivity index (χ0v) is 12.5. The van der Waals surface area contributed by atoms with E-state index in [1.54, 1.807) is 24.3 Å². The molecule has 0 saturated carbocycles. The van der Waals surface area contributed by atoms with Crippen LogP contribution in [-0.2, 0) is 10.0 Å². The number of benzene rings is 1. The number of nitrogen functional groups attached to an aromatic ring is 1. The molecule has 5 nitrogen and oxygen atoms in total. The highest BCUT2D eigenvalue weighted by Gasteiger charge is 2.22. The summed E-state index contributed by atoms with van der Waals surface area (Å²) in [6.07, 6.45) is 1.54. The minimum Gasteiger partial charge on any atom is -0.398 e. The summed E-state index contributed by atoms with van der Waals surface area (Å²) in [6.45, 7) is 0. The Kier molecular flexibility index (Phi) is 3.77. The summed E-state index contributed by atoms with van der Waals surface area (Å²) in [5.74, 6) is 0.351. The Morgan fingerprint density at radius 1 is 1.26 bits per heavy atom. The van der Waals surface area contributed by atoms with Crippen molar-refractivity contribution < 1.29 is 8.42 Å². The number of halogens is 1. The fraction of sp³-hybridized carbons (Fsp3) is 0.0833. The van der Waals surface area contributed by atoms with Gasteiger partial charge in [0.25, 0.3) is 10.0 Å². The first kappa shape index (κ1) is 13.8. The summed E-state index contributed by atoms with van der Waals surface area (Å²) in [6, 6.07) is 9.59. The number of anilines is 2. The van der Waals surface area contributed by atoms with Gasteiger partial charge in [-0.2, -0.15) is 0 Å². The van der Waals surface area contributed by atoms with Gasteiger partial charge in [0.15, 0.2) is 0 Å². The molecule has 1 heterocycles. The van der Waals surface area contributed by atoms with E-state index in [2.05, 4.69) is 20.9 Å². The molecular formula is C12H12BrN3O2S. The quantitative estimate of drug-likeness (QED) is 0.868. The van der Waals surface area contributed by atoms with Crippen LogP contribution in [0, 0.1) is 0 Å². The Morgan fingerprint density at radius 2 is 2.00 bits per heavy atom. The summed E-state index contributed by atoms with van der Waals surface area (Å²) >= 11 is 3.23. The predicted molar refractivity (Wildman–Crippen MR) is 78.4 cm³/mol. The zero-order valence-electron chi connectivity index (χ0n) is 10.1. The van der Waals surface area contributed by atoms with Crippen LogP contribution in [0.2, 0.25) is 0 Å². The van der Waals surface area contributed by atoms with Crippen LogP contribution >= 0.6 is 15.9 Å². The molecule has 0 aliphatic heterocycles. The molecule has 0 fully saturated rings. The van der Waals surface area contributed by atoms with Gasteiger partial charge in [0.05, 0.1) is 4.90 Å². The minimum absolute atomic E-state index is 0.126. The minimum atomic E-state index is -3.66. The van der Waals surface area contributed by atoms with Gasteiger partial charge >= 0.3 is 0 Å². The first-order valence-corrected chi connectivity index (χ1v) is 7.61. The SMILES string of the molecule is CN(c1ccccn1)S(=O)(=O)c1ccc(Br)c(N)c1. The number of pyridine rings is 1. The Labute approximate surface area is 120 Å². The largest absolute Gasteiger partial charge is 0.398 e. The molecule has 100 valence electrons. The van der Waals surface area contributed by atoms with Gasteiger partial charge in [-0.25, -0.2) is 13.4 Å². The molecule has 0 bridgehead atoms. The molecular weight excluding hydrogens is 330 g/mol. The average Bonchev–Trinajstić information content (AvgIpc) is 2.41. The maximum Gasteiger partial charge on any atom is 0.265 e. The monoisotopic (exact) mass is 341 g/mol. The number of sulfonamides is 1. The van der Waals surface area contributed by atoms with Gasteiger partial charge in [0, 0.05) is 23.4 Å². The van der Waals surface area contributed by atoms with Crippen LogP contribution in [0.3, 0.4) is 0 Å². The van der Waals surface area contributed by atoms with E-state index in [0.29, 0.717) is 16.0 Å². The van der Waals surface area contributed by atoms with E-state index in [-0.39, 0.29) is 4.90 Å². The third-order valence-corrected chi connectivity index (χ3v) is 5.08. The molecule has 0 radical (unpaired) electrons. The summed E-state index contributed by atoms with van der Waals surface area (Å²) < 4.78 is 26.6. The van der Waals surface area contributed by atoms with Crippen molar-refractivity contribution in [1.82, 2.24) is 4.98 Å². The van der Waals surface area contributed by atoms with Crippen molar-refractivity contribution in [3.05, 3.63) is 47.1 Å². The topological polar surface area (TPSA) is 76.3 Å². The number of hydrogen-bond acceptors (Lipinski definition) is 4. The Balaban J connectivity index is 2.45. The Hall–Kier alpha value is -1.60. The molecule has 19 heavy (non-hydrogen) atoms. The second kappa shape index (κ2) is 5.18. The summed E-state index contributed by atoms with van der Waals surface area (Å²) in [5.41, 5.74) is 6.08. The lowest BCUT2D eigenvalue weighted by atomic mass is 10.3. The maximum atomic E-state index is 12.4. The fourth-order valence-corrected chi connectivity index (χ4v) is 2.94. The van der Waals surface area contributed by atoms with E-state index < -0.39 is 10.0 Å². The van der Waals surface area contributed by atoms with Crippen LogP contribution in [0.25, 0.3) is 0 Å². The van der Waals surface area contributed by atoms with Crippen molar-refractivity contribution in [2.24, 2.45) is 0 Å². The molecule has 1 aromatic carbocycles. The molecule has 0 aliphatic carbocycles. The molecule has 7 heteroatoms. The number of rotatable bonds is 3. The molecule has 0 spiro atoms. The lowest BCUT2D eigenvalue weighted by molar-refractivity contribution is 0.594. The number of hydrogen-bond donors (Lipinski definition) is 1. The van der Waals surface area contributed by atoms with Crippen molar-refractivity contribution in [2.45, 2.75) is 4.90 Å². The molecule has 1 aromatic heterocycles. The zero-order chi connectivity index (χ0) is 14.0. The molecule has 0 saturated heterocycles. The summed E-state index contributed by atoms with van der Waals surface area (Å²) in [4.78, 5) is 4.14. The van der Waals surface area contributed by atoms with Crippen molar-refractivity contribution in [1.29, 1.82) is 0 Å². The van der Waals surface area contributed by atoms with Crippen LogP contribution < -0.4 is 10.0 Å². The third kappa shape index (κ3) is 2.71. The van der Waals surface area contributed by atoms with Crippen molar-refractivity contribution in [3.8, 4) is 0 Å². The van der Waals surface area contributed by atoms with Gasteiger partial charge in [0.2, 0.25) is 0 Å². The van der Waals surface area contributed by atoms with E-state index in [4.69, 9.17) is 5.73 Å². The molecule has 2 aromatic rings. The lowest BCUT2D eigenvalue weighted by Gasteiger charge is -2.18. The van der Waals surface area contributed by atoms with E-state index in [1.807, 2.05) is 0 Å². The number of nitrogens with zero attached hydrogens (tertiary/aromatic N) is 2. The molecule has 2 rings (SSSR count). The number of aromatic nitrogens is 1. The van der Waals surface area contributed by atoms with E-state index >= 15 is 0 Å². The smallest absolute Gasteiger partial charge is 0.265 e. The highest BCUT2D eigenvalue weighted by Crippen LogP contribution is 2.26. The van der Waals surface area contributed by atoms with Crippen molar-refractivity contribution in [3.63, 3.8) is 0 Å². The molecule has 0 atom stereocenters. The van der Waals surface area contributed by atoms with E-state index in [0.717, 1.165) is 4.31 Å². The number of nitrogens with two attached hydrogens (primary N) is 1. The van der Waals surface area contributed by atoms with Gasteiger partial charge in [-0.1, -0.05) is 6.07 Å². The molecule has 0 unspecified atom stereocenters. The second-order valence-corrected chi connectivity index (χ2v) is 6.67. The average molecular weight is 342 g/mol. The molecule has 0 amide bonds. The normalized spacial score (nSPS) is 11.3. The fourth-order valence-electron chi connectivity index (χ4n) is 1.50. The van der Waals surface area contributed by atoms with Gasteiger partial charge in [-0.3, -0.25) is 4.31 Å². The van der Waals surface area contributed by atoms with E-state index in [9.17, 15) is 8.42 Å². The van der Waals surface area contributed by atoms with Gasteiger partial charge < -0.3 is 5.73 Å². The third-order valence-electron chi connectivity index (χ3n) is 2.60. The van der Waals surface area contributed by atoms with Crippen molar-refractivity contribution in [2.75, 3.05) is 17.1 Å². The van der Waals surface area contributed by atoms with E-state index in [1.165, 1.54) is 25.4 Å². The van der Waals surface area contributed by atoms with Crippen LogP contribution in [-0.4, -0.2) is 20.4 Å². The highest BCUT2D eigenvalue weighted by atomic mass is 79.9. The predicted octanol–water partition coefficient (Wildman–Crippen LogP) is 2.25. The maximum absolute atomic E-state index is 12.4. The molecule has 2 N–H and O–H groups in total. The standard InChI is InChI=1S/C12H12BrN3O2S/c1-16(12-4-2-3-7-15-12)19(17,18)9-5-6-10(13)11(14)8-9/h2-8H,14H2,1H3.